The SMILES string of the molecule is CC(c1ccc(C(=O)Oc2cc(F)c(C#N)c(F)c2)cc1)c1ccc(C(=O)Oc2cc(F)c(C#N)c(F)c2)cc1. The van der Waals surface area contributed by atoms with Crippen molar-refractivity contribution in [3.8, 4) is 23.6 Å². The zero-order valence-electron chi connectivity index (χ0n) is 20.5. The topological polar surface area (TPSA) is 100 Å². The molecule has 0 aliphatic carbocycles. The summed E-state index contributed by atoms with van der Waals surface area (Å²) < 4.78 is 65.1. The highest BCUT2D eigenvalue weighted by molar-refractivity contribution is 5.91. The van der Waals surface area contributed by atoms with E-state index in [9.17, 15) is 27.2 Å². The second-order valence-corrected chi connectivity index (χ2v) is 8.49. The molecule has 0 saturated heterocycles. The smallest absolute Gasteiger partial charge is 0.343 e. The van der Waals surface area contributed by atoms with Crippen molar-refractivity contribution in [3.63, 3.8) is 0 Å². The molecule has 40 heavy (non-hydrogen) atoms. The van der Waals surface area contributed by atoms with Crippen LogP contribution >= 0.6 is 0 Å². The van der Waals surface area contributed by atoms with Crippen LogP contribution in [0, 0.1) is 45.9 Å². The molecule has 198 valence electrons. The van der Waals surface area contributed by atoms with E-state index in [1.807, 2.05) is 6.92 Å². The van der Waals surface area contributed by atoms with Gasteiger partial charge in [-0.05, 0) is 35.4 Å². The first-order chi connectivity index (χ1) is 19.1. The molecule has 0 spiro atoms. The molecular weight excluding hydrogens is 528 g/mol. The Morgan fingerprint density at radius 3 is 1.20 bits per heavy atom. The van der Waals surface area contributed by atoms with Crippen LogP contribution in [-0.4, -0.2) is 11.9 Å². The van der Waals surface area contributed by atoms with Crippen LogP contribution in [0.4, 0.5) is 17.6 Å². The summed E-state index contributed by atoms with van der Waals surface area (Å²) in [6.45, 7) is 1.88. The van der Waals surface area contributed by atoms with E-state index < -0.39 is 46.3 Å². The standard InChI is InChI=1S/C30H16F4N2O4/c1-16(17-2-6-19(7-3-17)29(37)39-21-10-25(31)23(14-35)26(32)11-21)18-4-8-20(9-5-18)30(38)40-22-12-27(33)24(15-36)28(34)13-22/h2-13,16H,1H3. The van der Waals surface area contributed by atoms with Crippen LogP contribution < -0.4 is 9.47 Å². The minimum atomic E-state index is -1.15. The van der Waals surface area contributed by atoms with Gasteiger partial charge in [0, 0.05) is 30.2 Å². The molecule has 0 unspecified atom stereocenters. The lowest BCUT2D eigenvalue weighted by Crippen LogP contribution is -2.10. The van der Waals surface area contributed by atoms with E-state index in [0.717, 1.165) is 35.4 Å². The van der Waals surface area contributed by atoms with E-state index >= 15 is 0 Å². The summed E-state index contributed by atoms with van der Waals surface area (Å²) in [4.78, 5) is 24.8. The minimum absolute atomic E-state index is 0.120. The maximum atomic E-state index is 13.8. The minimum Gasteiger partial charge on any atom is -0.423 e. The van der Waals surface area contributed by atoms with Crippen LogP contribution in [0.2, 0.25) is 0 Å². The van der Waals surface area contributed by atoms with Gasteiger partial charge in [-0.1, -0.05) is 31.2 Å². The highest BCUT2D eigenvalue weighted by atomic mass is 19.1. The third-order valence-electron chi connectivity index (χ3n) is 5.97. The molecule has 4 aromatic carbocycles. The Kier molecular flexibility index (Phi) is 7.92. The molecule has 0 fully saturated rings. The van der Waals surface area contributed by atoms with E-state index in [1.54, 1.807) is 24.3 Å². The van der Waals surface area contributed by atoms with Gasteiger partial charge in [-0.15, -0.1) is 0 Å². The lowest BCUT2D eigenvalue weighted by Gasteiger charge is -2.14. The Balaban J connectivity index is 1.42. The lowest BCUT2D eigenvalue weighted by atomic mass is 9.92. The number of nitriles is 2. The van der Waals surface area contributed by atoms with Gasteiger partial charge in [0.15, 0.2) is 0 Å². The van der Waals surface area contributed by atoms with Crippen molar-refractivity contribution in [3.05, 3.63) is 129 Å². The number of halogens is 4. The van der Waals surface area contributed by atoms with Gasteiger partial charge < -0.3 is 9.47 Å². The van der Waals surface area contributed by atoms with Crippen LogP contribution in [0.15, 0.2) is 72.8 Å². The van der Waals surface area contributed by atoms with E-state index in [2.05, 4.69) is 0 Å². The molecule has 0 radical (unpaired) electrons. The number of carbonyl (C=O) groups excluding carboxylic acids is 2. The number of rotatable bonds is 6. The molecule has 0 heterocycles. The first-order valence-electron chi connectivity index (χ1n) is 11.5. The summed E-state index contributed by atoms with van der Waals surface area (Å²) in [6, 6.07) is 18.3. The van der Waals surface area contributed by atoms with Crippen molar-refractivity contribution in [1.82, 2.24) is 0 Å². The number of benzene rings is 4. The van der Waals surface area contributed by atoms with Crippen molar-refractivity contribution in [1.29, 1.82) is 10.5 Å². The van der Waals surface area contributed by atoms with Gasteiger partial charge in [0.25, 0.3) is 0 Å². The molecule has 4 aromatic rings. The highest BCUT2D eigenvalue weighted by Gasteiger charge is 2.18. The predicted octanol–water partition coefficient (Wildman–Crippen LogP) is 6.58. The molecule has 6 nitrogen and oxygen atoms in total. The summed E-state index contributed by atoms with van der Waals surface area (Å²) in [5.74, 6) is -7.25. The van der Waals surface area contributed by atoms with Crippen molar-refractivity contribution in [2.24, 2.45) is 0 Å². The number of hydrogen-bond donors (Lipinski definition) is 0. The quantitative estimate of drug-likeness (QED) is 0.155. The normalized spacial score (nSPS) is 10.5. The maximum absolute atomic E-state index is 13.8. The van der Waals surface area contributed by atoms with Gasteiger partial charge in [-0.3, -0.25) is 0 Å². The van der Waals surface area contributed by atoms with E-state index in [1.165, 1.54) is 36.4 Å². The van der Waals surface area contributed by atoms with Gasteiger partial charge in [0.05, 0.1) is 11.1 Å². The molecule has 4 rings (SSSR count). The Morgan fingerprint density at radius 1 is 0.625 bits per heavy atom. The van der Waals surface area contributed by atoms with Gasteiger partial charge in [0.2, 0.25) is 0 Å². The predicted molar refractivity (Wildman–Crippen MR) is 132 cm³/mol. The van der Waals surface area contributed by atoms with Crippen LogP contribution in [-0.2, 0) is 0 Å². The maximum Gasteiger partial charge on any atom is 0.343 e. The Morgan fingerprint density at radius 2 is 0.925 bits per heavy atom. The van der Waals surface area contributed by atoms with Crippen molar-refractivity contribution in [2.75, 3.05) is 0 Å². The van der Waals surface area contributed by atoms with Crippen molar-refractivity contribution >= 4 is 11.9 Å². The Hall–Kier alpha value is -5.48. The summed E-state index contributed by atoms with van der Waals surface area (Å²) >= 11 is 0. The molecule has 0 amide bonds. The zero-order valence-corrected chi connectivity index (χ0v) is 20.5. The molecule has 0 saturated carbocycles. The monoisotopic (exact) mass is 544 g/mol. The largest absolute Gasteiger partial charge is 0.423 e. The summed E-state index contributed by atoms with van der Waals surface area (Å²) in [7, 11) is 0. The van der Waals surface area contributed by atoms with Gasteiger partial charge in [-0.2, -0.15) is 10.5 Å². The average Bonchev–Trinajstić information content (AvgIpc) is 2.92. The van der Waals surface area contributed by atoms with E-state index in [4.69, 9.17) is 20.0 Å². The second kappa shape index (κ2) is 11.5. The number of nitrogens with zero attached hydrogens (tertiary/aromatic N) is 2. The van der Waals surface area contributed by atoms with Gasteiger partial charge in [0.1, 0.15) is 58.0 Å². The molecule has 0 atom stereocenters. The highest BCUT2D eigenvalue weighted by Crippen LogP contribution is 2.27. The molecule has 0 aromatic heterocycles. The molecule has 0 N–H and O–H groups in total. The van der Waals surface area contributed by atoms with Crippen LogP contribution in [0.5, 0.6) is 11.5 Å². The Bertz CT molecular complexity index is 1530. The van der Waals surface area contributed by atoms with Crippen LogP contribution in [0.3, 0.4) is 0 Å². The third-order valence-corrected chi connectivity index (χ3v) is 5.97. The lowest BCUT2D eigenvalue weighted by molar-refractivity contribution is 0.0724. The summed E-state index contributed by atoms with van der Waals surface area (Å²) in [5, 5.41) is 17.5. The molecule has 0 bridgehead atoms. The van der Waals surface area contributed by atoms with Gasteiger partial charge in [-0.25, -0.2) is 27.2 Å². The fraction of sp³-hybridized carbons (Fsp3) is 0.0667. The van der Waals surface area contributed by atoms with Gasteiger partial charge >= 0.3 is 11.9 Å². The molecule has 0 aliphatic heterocycles. The second-order valence-electron chi connectivity index (χ2n) is 8.49. The third kappa shape index (κ3) is 5.82. The molecule has 0 aliphatic rings. The van der Waals surface area contributed by atoms with Crippen molar-refractivity contribution < 1.29 is 36.6 Å². The molecular formula is C30H16F4N2O4. The number of hydrogen-bond acceptors (Lipinski definition) is 6. The fourth-order valence-corrected chi connectivity index (χ4v) is 3.77. The number of esters is 2. The Labute approximate surface area is 225 Å². The average molecular weight is 544 g/mol. The van der Waals surface area contributed by atoms with E-state index in [0.29, 0.717) is 0 Å². The summed E-state index contributed by atoms with van der Waals surface area (Å²) in [5.41, 5.74) is 0.279. The first kappa shape index (κ1) is 27.6. The molecule has 10 heteroatoms. The van der Waals surface area contributed by atoms with Crippen molar-refractivity contribution in [2.45, 2.75) is 12.8 Å². The fourth-order valence-electron chi connectivity index (χ4n) is 3.77. The zero-order chi connectivity index (χ0) is 29.0. The van der Waals surface area contributed by atoms with Crippen LogP contribution in [0.25, 0.3) is 0 Å². The first-order valence-corrected chi connectivity index (χ1v) is 11.5. The van der Waals surface area contributed by atoms with Crippen LogP contribution in [0.1, 0.15) is 55.8 Å². The van der Waals surface area contributed by atoms with E-state index in [-0.39, 0.29) is 28.5 Å². The number of carbonyl (C=O) groups is 2. The summed E-state index contributed by atoms with van der Waals surface area (Å²) in [6.07, 6.45) is 0. The number of ether oxygens (including phenoxy) is 2.